The summed E-state index contributed by atoms with van der Waals surface area (Å²) in [5.74, 6) is 1.63. The van der Waals surface area contributed by atoms with Crippen LogP contribution in [-0.2, 0) is 6.42 Å². The lowest BCUT2D eigenvalue weighted by atomic mass is 9.96. The molecule has 1 fully saturated rings. The summed E-state index contributed by atoms with van der Waals surface area (Å²) in [5.41, 5.74) is 2.05. The molecule has 1 aromatic carbocycles. The molecule has 0 spiro atoms. The molecule has 2 aromatic rings. The van der Waals surface area contributed by atoms with Crippen molar-refractivity contribution in [2.75, 3.05) is 24.5 Å². The zero-order valence-corrected chi connectivity index (χ0v) is 14.9. The number of carbonyl (C=O) groups is 1. The van der Waals surface area contributed by atoms with Crippen molar-refractivity contribution < 1.29 is 4.79 Å². The number of benzene rings is 1. The molecule has 0 aliphatic carbocycles. The molecule has 1 N–H and O–H groups in total. The predicted octanol–water partition coefficient (Wildman–Crippen LogP) is 3.68. The van der Waals surface area contributed by atoms with Crippen molar-refractivity contribution in [3.63, 3.8) is 0 Å². The van der Waals surface area contributed by atoms with Crippen LogP contribution in [0.25, 0.3) is 0 Å². The van der Waals surface area contributed by atoms with Crippen LogP contribution < -0.4 is 10.2 Å². The van der Waals surface area contributed by atoms with Crippen LogP contribution in [0.15, 0.2) is 48.7 Å². The van der Waals surface area contributed by atoms with E-state index in [0.29, 0.717) is 5.92 Å². The van der Waals surface area contributed by atoms with Crippen LogP contribution in [-0.4, -0.2) is 30.5 Å². The summed E-state index contributed by atoms with van der Waals surface area (Å²) in [6.45, 7) is 4.93. The van der Waals surface area contributed by atoms with Gasteiger partial charge < -0.3 is 10.2 Å². The van der Waals surface area contributed by atoms with Crippen LogP contribution in [0.1, 0.15) is 42.1 Å². The predicted molar refractivity (Wildman–Crippen MR) is 102 cm³/mol. The Balaban J connectivity index is 1.44. The van der Waals surface area contributed by atoms with Gasteiger partial charge in [0.25, 0.3) is 5.91 Å². The summed E-state index contributed by atoms with van der Waals surface area (Å²) in [7, 11) is 0. The molecule has 0 saturated carbocycles. The zero-order valence-electron chi connectivity index (χ0n) is 14.9. The highest BCUT2D eigenvalue weighted by Gasteiger charge is 2.20. The molecule has 1 saturated heterocycles. The van der Waals surface area contributed by atoms with Gasteiger partial charge >= 0.3 is 0 Å². The number of nitrogens with zero attached hydrogens (tertiary/aromatic N) is 2. The maximum absolute atomic E-state index is 12.3. The van der Waals surface area contributed by atoms with Gasteiger partial charge in [-0.15, -0.1) is 0 Å². The average molecular weight is 337 g/mol. The van der Waals surface area contributed by atoms with Gasteiger partial charge in [0.1, 0.15) is 5.82 Å². The van der Waals surface area contributed by atoms with E-state index >= 15 is 0 Å². The molecule has 1 aromatic heterocycles. The van der Waals surface area contributed by atoms with Crippen LogP contribution in [0.3, 0.4) is 0 Å². The van der Waals surface area contributed by atoms with Crippen LogP contribution >= 0.6 is 0 Å². The van der Waals surface area contributed by atoms with Gasteiger partial charge in [-0.3, -0.25) is 4.79 Å². The van der Waals surface area contributed by atoms with E-state index < -0.39 is 0 Å². The molecule has 0 bridgehead atoms. The normalized spacial score (nSPS) is 15.2. The molecule has 1 amide bonds. The molecule has 25 heavy (non-hydrogen) atoms. The summed E-state index contributed by atoms with van der Waals surface area (Å²) >= 11 is 0. The number of carbonyl (C=O) groups excluding carboxylic acids is 1. The number of aromatic nitrogens is 1. The molecule has 0 atom stereocenters. The number of amides is 1. The topological polar surface area (TPSA) is 45.2 Å². The maximum atomic E-state index is 12.3. The first kappa shape index (κ1) is 17.5. The molecule has 3 rings (SSSR count). The summed E-state index contributed by atoms with van der Waals surface area (Å²) < 4.78 is 0. The molecule has 2 heterocycles. The Morgan fingerprint density at radius 3 is 2.56 bits per heavy atom. The van der Waals surface area contributed by atoms with Crippen molar-refractivity contribution in [2.45, 2.75) is 32.6 Å². The number of anilines is 1. The zero-order chi connectivity index (χ0) is 17.5. The summed E-state index contributed by atoms with van der Waals surface area (Å²) in [4.78, 5) is 19.1. The van der Waals surface area contributed by atoms with Gasteiger partial charge in [0.15, 0.2) is 0 Å². The summed E-state index contributed by atoms with van der Waals surface area (Å²) in [6, 6.07) is 14.0. The number of rotatable bonds is 6. The first-order valence-electron chi connectivity index (χ1n) is 9.29. The molecule has 132 valence electrons. The van der Waals surface area contributed by atoms with Crippen LogP contribution in [0, 0.1) is 5.92 Å². The monoisotopic (exact) mass is 337 g/mol. The molecule has 4 nitrogen and oxygen atoms in total. The minimum Gasteiger partial charge on any atom is -0.357 e. The highest BCUT2D eigenvalue weighted by molar-refractivity contribution is 5.94. The number of nitrogens with one attached hydrogen (secondary N) is 1. The Hall–Kier alpha value is -2.36. The van der Waals surface area contributed by atoms with E-state index in [1.165, 1.54) is 5.56 Å². The molecule has 0 radical (unpaired) electrons. The fourth-order valence-electron chi connectivity index (χ4n) is 3.36. The Morgan fingerprint density at radius 2 is 1.92 bits per heavy atom. The van der Waals surface area contributed by atoms with Crippen molar-refractivity contribution >= 4 is 11.7 Å². The second kappa shape index (κ2) is 8.65. The summed E-state index contributed by atoms with van der Waals surface area (Å²) in [5, 5.41) is 3.10. The van der Waals surface area contributed by atoms with E-state index in [9.17, 15) is 4.79 Å². The van der Waals surface area contributed by atoms with Gasteiger partial charge in [0.2, 0.25) is 0 Å². The third-order valence-electron chi connectivity index (χ3n) is 4.89. The van der Waals surface area contributed by atoms with Crippen molar-refractivity contribution in [2.24, 2.45) is 5.92 Å². The average Bonchev–Trinajstić information content (AvgIpc) is 2.68. The van der Waals surface area contributed by atoms with Crippen LogP contribution in [0.5, 0.6) is 0 Å². The number of piperidine rings is 1. The second-order valence-electron chi connectivity index (χ2n) is 6.78. The van der Waals surface area contributed by atoms with Crippen LogP contribution in [0.2, 0.25) is 0 Å². The van der Waals surface area contributed by atoms with Crippen LogP contribution in [0.4, 0.5) is 5.82 Å². The van der Waals surface area contributed by atoms with Gasteiger partial charge in [-0.2, -0.15) is 0 Å². The standard InChI is InChI=1S/C21H27N3O/c1-2-5-17-7-9-19(10-8-17)21(25)23-16-18-11-14-24(15-12-18)20-6-3-4-13-22-20/h3-4,6-10,13,18H,2,5,11-12,14-16H2,1H3,(H,23,25). The fraction of sp³-hybridized carbons (Fsp3) is 0.429. The highest BCUT2D eigenvalue weighted by atomic mass is 16.1. The molecule has 1 aliphatic heterocycles. The van der Waals surface area contributed by atoms with Gasteiger partial charge in [-0.05, 0) is 55.0 Å². The molecule has 4 heteroatoms. The number of hydrogen-bond donors (Lipinski definition) is 1. The lowest BCUT2D eigenvalue weighted by molar-refractivity contribution is 0.0945. The Kier molecular flexibility index (Phi) is 6.04. The number of aryl methyl sites for hydroxylation is 1. The smallest absolute Gasteiger partial charge is 0.251 e. The lowest BCUT2D eigenvalue weighted by Gasteiger charge is -2.32. The molecular formula is C21H27N3O. The Labute approximate surface area is 150 Å². The summed E-state index contributed by atoms with van der Waals surface area (Å²) in [6.07, 6.45) is 6.21. The molecule has 0 unspecified atom stereocenters. The van der Waals surface area contributed by atoms with Gasteiger partial charge in [0, 0.05) is 31.4 Å². The Morgan fingerprint density at radius 1 is 1.16 bits per heavy atom. The van der Waals surface area contributed by atoms with E-state index in [1.807, 2.05) is 30.5 Å². The third-order valence-corrected chi connectivity index (χ3v) is 4.89. The third kappa shape index (κ3) is 4.81. The maximum Gasteiger partial charge on any atom is 0.251 e. The second-order valence-corrected chi connectivity index (χ2v) is 6.78. The van der Waals surface area contributed by atoms with Crippen molar-refractivity contribution in [1.82, 2.24) is 10.3 Å². The largest absolute Gasteiger partial charge is 0.357 e. The van der Waals surface area contributed by atoms with Gasteiger partial charge in [-0.25, -0.2) is 4.98 Å². The van der Waals surface area contributed by atoms with E-state index in [4.69, 9.17) is 0 Å². The number of hydrogen-bond acceptors (Lipinski definition) is 3. The quantitative estimate of drug-likeness (QED) is 0.874. The molecule has 1 aliphatic rings. The lowest BCUT2D eigenvalue weighted by Crippen LogP contribution is -2.39. The van der Waals surface area contributed by atoms with E-state index in [2.05, 4.69) is 40.3 Å². The number of pyridine rings is 1. The van der Waals surface area contributed by atoms with Gasteiger partial charge in [-0.1, -0.05) is 31.5 Å². The first-order chi connectivity index (χ1) is 12.3. The highest BCUT2D eigenvalue weighted by Crippen LogP contribution is 2.21. The minimum atomic E-state index is 0.0372. The van der Waals surface area contributed by atoms with E-state index in [0.717, 1.165) is 56.7 Å². The minimum absolute atomic E-state index is 0.0372. The van der Waals surface area contributed by atoms with Crippen molar-refractivity contribution in [1.29, 1.82) is 0 Å². The van der Waals surface area contributed by atoms with E-state index in [1.54, 1.807) is 0 Å². The molecular weight excluding hydrogens is 310 g/mol. The van der Waals surface area contributed by atoms with Gasteiger partial charge in [0.05, 0.1) is 0 Å². The SMILES string of the molecule is CCCc1ccc(C(=O)NCC2CCN(c3ccccn3)CC2)cc1. The fourth-order valence-corrected chi connectivity index (χ4v) is 3.36. The van der Waals surface area contributed by atoms with E-state index in [-0.39, 0.29) is 5.91 Å². The van der Waals surface area contributed by atoms with Crippen molar-refractivity contribution in [3.05, 3.63) is 59.8 Å². The first-order valence-corrected chi connectivity index (χ1v) is 9.29. The van der Waals surface area contributed by atoms with Crippen molar-refractivity contribution in [3.8, 4) is 0 Å². The Bertz CT molecular complexity index is 661.